The molecule has 0 spiro atoms. The van der Waals surface area contributed by atoms with Crippen molar-refractivity contribution in [1.29, 1.82) is 0 Å². The zero-order chi connectivity index (χ0) is 28.6. The maximum Gasteiger partial charge on any atom is 0.490 e. The summed E-state index contributed by atoms with van der Waals surface area (Å²) in [4.78, 5) is 39.4. The number of alkyl halides is 3. The van der Waals surface area contributed by atoms with Crippen LogP contribution in [0.4, 0.5) is 23.7 Å². The van der Waals surface area contributed by atoms with Crippen LogP contribution in [0.5, 0.6) is 5.75 Å². The van der Waals surface area contributed by atoms with E-state index in [0.717, 1.165) is 36.4 Å². The summed E-state index contributed by atoms with van der Waals surface area (Å²) in [6, 6.07) is 17.3. The van der Waals surface area contributed by atoms with Gasteiger partial charge in [-0.15, -0.1) is 0 Å². The molecule has 0 saturated carbocycles. The third kappa shape index (κ3) is 7.62. The number of hydrogen-bond acceptors (Lipinski definition) is 5. The lowest BCUT2D eigenvalue weighted by Gasteiger charge is -2.34. The van der Waals surface area contributed by atoms with E-state index in [1.165, 1.54) is 0 Å². The largest absolute Gasteiger partial charge is 0.497 e. The third-order valence-electron chi connectivity index (χ3n) is 7.20. The summed E-state index contributed by atoms with van der Waals surface area (Å²) in [5.41, 5.74) is 1.36. The van der Waals surface area contributed by atoms with Crippen LogP contribution >= 0.6 is 0 Å². The summed E-state index contributed by atoms with van der Waals surface area (Å²) >= 11 is 0. The fraction of sp³-hybridized carbons (Fsp3) is 0.444. The van der Waals surface area contributed by atoms with Crippen molar-refractivity contribution >= 4 is 23.6 Å². The van der Waals surface area contributed by atoms with Crippen molar-refractivity contribution in [2.75, 3.05) is 39.1 Å². The van der Waals surface area contributed by atoms with Crippen LogP contribution in [0.25, 0.3) is 0 Å². The summed E-state index contributed by atoms with van der Waals surface area (Å²) in [6.45, 7) is 2.57. The zero-order valence-electron chi connectivity index (χ0n) is 21.8. The summed E-state index contributed by atoms with van der Waals surface area (Å²) in [6.07, 6.45) is -2.82. The number of para-hydroxylation sites is 1. The quantitative estimate of drug-likeness (QED) is 0.520. The van der Waals surface area contributed by atoms with Crippen LogP contribution < -0.4 is 15.4 Å². The molecule has 2 aromatic rings. The smallest absolute Gasteiger partial charge is 0.490 e. The van der Waals surface area contributed by atoms with E-state index in [-0.39, 0.29) is 18.0 Å². The molecule has 212 valence electrons. The van der Waals surface area contributed by atoms with Gasteiger partial charge in [0.05, 0.1) is 12.5 Å². The molecule has 0 unspecified atom stereocenters. The summed E-state index contributed by atoms with van der Waals surface area (Å²) in [7, 11) is 3.72. The monoisotopic (exact) mass is 550 g/mol. The minimum atomic E-state index is -5.08. The van der Waals surface area contributed by atoms with Crippen molar-refractivity contribution in [2.24, 2.45) is 5.41 Å². The molecule has 2 aromatic carbocycles. The number of benzene rings is 2. The number of carbonyl (C=O) groups excluding carboxylic acids is 2. The number of rotatable bonds is 5. The van der Waals surface area contributed by atoms with Gasteiger partial charge in [0.15, 0.2) is 0 Å². The maximum atomic E-state index is 13.4. The average Bonchev–Trinajstić information content (AvgIpc) is 3.11. The number of fused-ring (bicyclic) bond motifs is 1. The van der Waals surface area contributed by atoms with E-state index in [0.29, 0.717) is 26.1 Å². The van der Waals surface area contributed by atoms with Gasteiger partial charge in [0.1, 0.15) is 5.75 Å². The Morgan fingerprint density at radius 2 is 1.64 bits per heavy atom. The van der Waals surface area contributed by atoms with E-state index in [1.54, 1.807) is 7.11 Å². The Hall–Kier alpha value is -3.80. The highest BCUT2D eigenvalue weighted by Crippen LogP contribution is 2.44. The number of halogens is 3. The summed E-state index contributed by atoms with van der Waals surface area (Å²) < 4.78 is 36.9. The maximum absolute atomic E-state index is 13.4. The molecular weight excluding hydrogens is 517 g/mol. The number of amides is 3. The second-order valence-corrected chi connectivity index (χ2v) is 9.56. The number of ether oxygens (including phenoxy) is 1. The Bertz CT molecular complexity index is 1130. The molecule has 0 bridgehead atoms. The molecule has 9 nitrogen and oxygen atoms in total. The van der Waals surface area contributed by atoms with E-state index in [9.17, 15) is 22.8 Å². The number of urea groups is 1. The Balaban J connectivity index is 0.000000532. The highest BCUT2D eigenvalue weighted by molar-refractivity contribution is 5.96. The van der Waals surface area contributed by atoms with Gasteiger partial charge in [-0.1, -0.05) is 30.3 Å². The number of likely N-dealkylation sites (tertiary alicyclic amines) is 2. The fourth-order valence-corrected chi connectivity index (χ4v) is 5.02. The number of nitrogens with one attached hydrogen (secondary N) is 2. The van der Waals surface area contributed by atoms with Gasteiger partial charge in [0.2, 0.25) is 5.91 Å². The molecule has 2 aliphatic heterocycles. The Morgan fingerprint density at radius 1 is 1.03 bits per heavy atom. The van der Waals surface area contributed by atoms with Crippen molar-refractivity contribution < 1.29 is 37.4 Å². The van der Waals surface area contributed by atoms with Crippen LogP contribution in [-0.4, -0.2) is 78.8 Å². The van der Waals surface area contributed by atoms with Gasteiger partial charge >= 0.3 is 18.2 Å². The molecule has 3 amide bonds. The van der Waals surface area contributed by atoms with Crippen molar-refractivity contribution in [3.8, 4) is 5.75 Å². The molecule has 2 saturated heterocycles. The normalized spacial score (nSPS) is 21.1. The molecule has 12 heteroatoms. The number of methoxy groups -OCH3 is 1. The predicted molar refractivity (Wildman–Crippen MR) is 138 cm³/mol. The Morgan fingerprint density at radius 3 is 2.23 bits per heavy atom. The third-order valence-corrected chi connectivity index (χ3v) is 7.20. The Labute approximate surface area is 224 Å². The topological polar surface area (TPSA) is 111 Å². The predicted octanol–water partition coefficient (Wildman–Crippen LogP) is 3.96. The summed E-state index contributed by atoms with van der Waals surface area (Å²) in [5, 5.41) is 13.3. The first-order chi connectivity index (χ1) is 18.5. The van der Waals surface area contributed by atoms with Gasteiger partial charge in [0.25, 0.3) is 0 Å². The van der Waals surface area contributed by atoms with E-state index in [2.05, 4.69) is 22.6 Å². The van der Waals surface area contributed by atoms with Crippen molar-refractivity contribution in [3.63, 3.8) is 0 Å². The zero-order valence-corrected chi connectivity index (χ0v) is 21.8. The lowest BCUT2D eigenvalue weighted by molar-refractivity contribution is -0.192. The number of nitrogens with zero attached hydrogens (tertiary/aromatic N) is 2. The minimum Gasteiger partial charge on any atom is -0.497 e. The first-order valence-electron chi connectivity index (χ1n) is 12.5. The van der Waals surface area contributed by atoms with Gasteiger partial charge in [0, 0.05) is 31.4 Å². The van der Waals surface area contributed by atoms with Crippen molar-refractivity contribution in [1.82, 2.24) is 15.1 Å². The van der Waals surface area contributed by atoms with Crippen LogP contribution in [0, 0.1) is 5.41 Å². The van der Waals surface area contributed by atoms with Crippen molar-refractivity contribution in [3.05, 3.63) is 60.2 Å². The highest BCUT2D eigenvalue weighted by Gasteiger charge is 2.52. The summed E-state index contributed by atoms with van der Waals surface area (Å²) in [5.74, 6) is -1.90. The molecule has 2 fully saturated rings. The Kier molecular flexibility index (Phi) is 9.79. The number of carboxylic acids is 1. The molecule has 0 radical (unpaired) electrons. The van der Waals surface area contributed by atoms with Gasteiger partial charge in [-0.3, -0.25) is 4.79 Å². The van der Waals surface area contributed by atoms with E-state index >= 15 is 0 Å². The fourth-order valence-electron chi connectivity index (χ4n) is 5.02. The van der Waals surface area contributed by atoms with Crippen LogP contribution in [0.15, 0.2) is 54.6 Å². The molecular formula is C27H33F3N4O5. The number of carbonyl (C=O) groups is 3. The van der Waals surface area contributed by atoms with Crippen LogP contribution in [0.1, 0.15) is 24.8 Å². The SMILES string of the molecule is COc1ccc(CNC(=O)N2CC[C@H]3N(C)CC[C@@]3(C(=O)Nc3ccccc3)CC2)cc1.O=C(O)C(F)(F)F. The molecule has 0 aromatic heterocycles. The molecule has 2 heterocycles. The average molecular weight is 551 g/mol. The molecule has 4 rings (SSSR count). The molecule has 39 heavy (non-hydrogen) atoms. The first kappa shape index (κ1) is 29.8. The lowest BCUT2D eigenvalue weighted by atomic mass is 9.75. The second kappa shape index (κ2) is 12.8. The van der Waals surface area contributed by atoms with Gasteiger partial charge in [-0.2, -0.15) is 13.2 Å². The van der Waals surface area contributed by atoms with Gasteiger partial charge in [-0.05, 0) is 62.7 Å². The van der Waals surface area contributed by atoms with E-state index in [1.807, 2.05) is 59.5 Å². The number of aliphatic carboxylic acids is 1. The van der Waals surface area contributed by atoms with Crippen molar-refractivity contribution in [2.45, 2.75) is 38.0 Å². The molecule has 2 aliphatic rings. The number of carboxylic acid groups (broad SMARTS) is 1. The van der Waals surface area contributed by atoms with Crippen LogP contribution in [0.3, 0.4) is 0 Å². The number of hydrogen-bond donors (Lipinski definition) is 3. The highest BCUT2D eigenvalue weighted by atomic mass is 19.4. The van der Waals surface area contributed by atoms with Gasteiger partial charge < -0.3 is 30.3 Å². The van der Waals surface area contributed by atoms with Crippen LogP contribution in [0.2, 0.25) is 0 Å². The number of anilines is 1. The first-order valence-corrected chi connectivity index (χ1v) is 12.5. The van der Waals surface area contributed by atoms with Gasteiger partial charge in [-0.25, -0.2) is 9.59 Å². The second-order valence-electron chi connectivity index (χ2n) is 9.56. The lowest BCUT2D eigenvalue weighted by Crippen LogP contribution is -2.46. The van der Waals surface area contributed by atoms with E-state index in [4.69, 9.17) is 14.6 Å². The molecule has 0 aliphatic carbocycles. The standard InChI is InChI=1S/C25H32N4O3.C2HF3O2/c1-28-16-13-25(23(30)27-20-6-4-3-5-7-20)14-17-29(15-12-22(25)28)24(31)26-18-19-8-10-21(32-2)11-9-19;3-2(4,5)1(6)7/h3-11,22H,12-18H2,1-2H3,(H,26,31)(H,27,30);(H,6,7)/t22-,25-;/m1./s1. The van der Waals surface area contributed by atoms with Crippen LogP contribution in [-0.2, 0) is 16.1 Å². The molecule has 3 N–H and O–H groups in total. The molecule has 2 atom stereocenters. The minimum absolute atomic E-state index is 0.0681. The van der Waals surface area contributed by atoms with E-state index < -0.39 is 17.6 Å².